The molecule has 10 nitrogen and oxygen atoms in total. The topological polar surface area (TPSA) is 121 Å². The fourth-order valence-electron chi connectivity index (χ4n) is 1.82. The van der Waals surface area contributed by atoms with E-state index >= 15 is 0 Å². The number of alkyl halides is 1. The minimum absolute atomic E-state index is 0.00636. The molecule has 0 radical (unpaired) electrons. The Balaban J connectivity index is 2.66. The largest absolute Gasteiger partial charge is 0.394 e. The molecule has 0 bridgehead atoms. The summed E-state index contributed by atoms with van der Waals surface area (Å²) in [6.07, 6.45) is 2.23. The number of sulfonamides is 1. The minimum Gasteiger partial charge on any atom is -0.394 e. The maximum Gasteiger partial charge on any atom is 0.310 e. The van der Waals surface area contributed by atoms with Crippen molar-refractivity contribution in [1.82, 2.24) is 10.1 Å². The van der Waals surface area contributed by atoms with Crippen LogP contribution in [0.1, 0.15) is 0 Å². The Labute approximate surface area is 134 Å². The Morgan fingerprint density at radius 3 is 2.73 bits per heavy atom. The highest BCUT2D eigenvalue weighted by Gasteiger charge is 2.45. The third kappa shape index (κ3) is 2.87. The zero-order valence-electron chi connectivity index (χ0n) is 11.0. The van der Waals surface area contributed by atoms with E-state index < -0.39 is 20.6 Å². The first-order chi connectivity index (χ1) is 10.4. The van der Waals surface area contributed by atoms with E-state index in [1.165, 1.54) is 24.9 Å². The third-order valence-electron chi connectivity index (χ3n) is 2.61. The first-order valence-electron chi connectivity index (χ1n) is 5.60. The van der Waals surface area contributed by atoms with Crippen LogP contribution in [0.4, 0.5) is 0 Å². The van der Waals surface area contributed by atoms with Gasteiger partial charge in [0.15, 0.2) is 10.5 Å². The minimum atomic E-state index is -4.40. The summed E-state index contributed by atoms with van der Waals surface area (Å²) in [7, 11) is -3.12. The average molecular weight is 366 g/mol. The molecule has 1 unspecified atom stereocenters. The van der Waals surface area contributed by atoms with E-state index in [0.717, 1.165) is 16.2 Å². The van der Waals surface area contributed by atoms with Gasteiger partial charge in [0.2, 0.25) is 0 Å². The van der Waals surface area contributed by atoms with Gasteiger partial charge in [-0.2, -0.15) is 13.5 Å². The van der Waals surface area contributed by atoms with E-state index in [1.807, 2.05) is 0 Å². The molecule has 2 aliphatic rings. The Hall–Kier alpha value is -1.84. The molecule has 118 valence electrons. The summed E-state index contributed by atoms with van der Waals surface area (Å²) in [5.74, 6) is 0.525. The summed E-state index contributed by atoms with van der Waals surface area (Å²) in [5, 5.41) is 8.67. The molecular formula is C9H8ClN5O5S2. The van der Waals surface area contributed by atoms with Gasteiger partial charge in [-0.3, -0.25) is 5.01 Å². The lowest BCUT2D eigenvalue weighted by atomic mass is 10.3. The van der Waals surface area contributed by atoms with Crippen LogP contribution in [0.25, 0.3) is 0 Å². The van der Waals surface area contributed by atoms with Gasteiger partial charge in [0.1, 0.15) is 11.7 Å². The van der Waals surface area contributed by atoms with E-state index in [2.05, 4.69) is 14.7 Å². The van der Waals surface area contributed by atoms with Crippen LogP contribution in [0.2, 0.25) is 0 Å². The van der Waals surface area contributed by atoms with Crippen molar-refractivity contribution >= 4 is 50.6 Å². The Kier molecular flexibility index (Phi) is 4.89. The van der Waals surface area contributed by atoms with Gasteiger partial charge in [-0.15, -0.1) is 0 Å². The number of nitrogens with zero attached hydrogens (tertiary/aromatic N) is 5. The molecule has 22 heavy (non-hydrogen) atoms. The number of hydrogen-bond donors (Lipinski definition) is 0. The van der Waals surface area contributed by atoms with Crippen LogP contribution in [0.5, 0.6) is 0 Å². The molecule has 0 saturated heterocycles. The maximum absolute atomic E-state index is 12.1. The SMILES string of the molecule is CN1C(S(=O)(=O)N=C=O)=C(C2=NOCCS2)C(Cl)N1N=C=O. The molecule has 0 fully saturated rings. The predicted molar refractivity (Wildman–Crippen MR) is 77.3 cm³/mol. The number of hydrazone groups is 1. The highest BCUT2D eigenvalue weighted by Crippen LogP contribution is 2.38. The van der Waals surface area contributed by atoms with Crippen LogP contribution in [0, 0.1) is 0 Å². The van der Waals surface area contributed by atoms with Gasteiger partial charge in [0.25, 0.3) is 12.2 Å². The lowest BCUT2D eigenvalue weighted by Crippen LogP contribution is -2.34. The molecule has 0 aromatic heterocycles. The highest BCUT2D eigenvalue weighted by atomic mass is 35.5. The highest BCUT2D eigenvalue weighted by molar-refractivity contribution is 8.14. The first-order valence-corrected chi connectivity index (χ1v) is 8.46. The zero-order valence-corrected chi connectivity index (χ0v) is 13.4. The summed E-state index contributed by atoms with van der Waals surface area (Å²) in [5.41, 5.74) is -1.15. The third-order valence-corrected chi connectivity index (χ3v) is 5.23. The van der Waals surface area contributed by atoms with Crippen LogP contribution >= 0.6 is 23.4 Å². The Morgan fingerprint density at radius 1 is 1.45 bits per heavy atom. The number of hydrazine groups is 1. The van der Waals surface area contributed by atoms with Crippen molar-refractivity contribution in [1.29, 1.82) is 0 Å². The normalized spacial score (nSPS) is 21.7. The number of rotatable bonds is 4. The quantitative estimate of drug-likeness (QED) is 0.293. The Bertz CT molecular complexity index is 737. The van der Waals surface area contributed by atoms with Crippen LogP contribution in [0.15, 0.2) is 25.3 Å². The molecule has 2 heterocycles. The smallest absolute Gasteiger partial charge is 0.310 e. The van der Waals surface area contributed by atoms with Crippen LogP contribution < -0.4 is 0 Å². The van der Waals surface area contributed by atoms with Crippen molar-refractivity contribution in [2.75, 3.05) is 19.4 Å². The van der Waals surface area contributed by atoms with Crippen LogP contribution in [0.3, 0.4) is 0 Å². The summed E-state index contributed by atoms with van der Waals surface area (Å²) < 4.78 is 27.1. The number of thioether (sulfide) groups is 1. The van der Waals surface area contributed by atoms with Gasteiger partial charge < -0.3 is 4.84 Å². The second-order valence-electron chi connectivity index (χ2n) is 3.83. The second-order valence-corrected chi connectivity index (χ2v) is 6.84. The van der Waals surface area contributed by atoms with Crippen molar-refractivity contribution < 1.29 is 22.8 Å². The summed E-state index contributed by atoms with van der Waals surface area (Å²) >= 11 is 7.36. The van der Waals surface area contributed by atoms with Gasteiger partial charge in [-0.1, -0.05) is 38.0 Å². The number of halogens is 1. The lowest BCUT2D eigenvalue weighted by molar-refractivity contribution is 0.0653. The number of hydrogen-bond acceptors (Lipinski definition) is 10. The molecule has 13 heteroatoms. The second kappa shape index (κ2) is 6.51. The van der Waals surface area contributed by atoms with Crippen molar-refractivity contribution in [2.45, 2.75) is 5.50 Å². The fraction of sp³-hybridized carbons (Fsp3) is 0.444. The number of isocyanates is 2. The van der Waals surface area contributed by atoms with E-state index in [0.29, 0.717) is 12.4 Å². The fourth-order valence-corrected chi connectivity index (χ4v) is 4.31. The van der Waals surface area contributed by atoms with E-state index in [4.69, 9.17) is 16.4 Å². The number of oxime groups is 1. The monoisotopic (exact) mass is 365 g/mol. The number of carbonyl (C=O) groups excluding carboxylic acids is 2. The van der Waals surface area contributed by atoms with Crippen molar-refractivity contribution in [3.63, 3.8) is 0 Å². The molecule has 0 amide bonds. The van der Waals surface area contributed by atoms with Crippen LogP contribution in [-0.2, 0) is 24.4 Å². The van der Waals surface area contributed by atoms with E-state index in [-0.39, 0.29) is 10.6 Å². The van der Waals surface area contributed by atoms with Crippen molar-refractivity contribution in [2.24, 2.45) is 14.7 Å². The molecule has 0 aromatic carbocycles. The Morgan fingerprint density at radius 2 is 2.18 bits per heavy atom. The molecule has 0 aliphatic carbocycles. The molecule has 0 N–H and O–H groups in total. The van der Waals surface area contributed by atoms with Crippen molar-refractivity contribution in [3.8, 4) is 0 Å². The van der Waals surface area contributed by atoms with E-state index in [9.17, 15) is 18.0 Å². The van der Waals surface area contributed by atoms with Crippen molar-refractivity contribution in [3.05, 3.63) is 10.6 Å². The summed E-state index contributed by atoms with van der Waals surface area (Å²) in [6, 6.07) is 0. The van der Waals surface area contributed by atoms with Gasteiger partial charge in [-0.05, 0) is 0 Å². The molecule has 0 aromatic rings. The van der Waals surface area contributed by atoms with Crippen LogP contribution in [-0.4, -0.2) is 60.7 Å². The zero-order chi connectivity index (χ0) is 16.3. The molecule has 2 aliphatic heterocycles. The predicted octanol–water partition coefficient (Wildman–Crippen LogP) is -0.0814. The van der Waals surface area contributed by atoms with Gasteiger partial charge in [0, 0.05) is 12.8 Å². The van der Waals surface area contributed by atoms with Gasteiger partial charge in [0.05, 0.1) is 5.57 Å². The molecule has 0 spiro atoms. The van der Waals surface area contributed by atoms with Gasteiger partial charge >= 0.3 is 10.0 Å². The summed E-state index contributed by atoms with van der Waals surface area (Å²) in [6.45, 7) is 0.356. The first kappa shape index (κ1) is 16.5. The molecule has 2 rings (SSSR count). The maximum atomic E-state index is 12.1. The molecule has 1 atom stereocenters. The van der Waals surface area contributed by atoms with Gasteiger partial charge in [-0.25, -0.2) is 9.59 Å². The standard InChI is InChI=1S/C9H8ClN5O5S2/c1-14-9(22(18,19)12-5-17)6(7(10)15(14)11-4-16)8-13-20-2-3-21-8/h7H,2-3H2,1H3. The lowest BCUT2D eigenvalue weighted by Gasteiger charge is -2.24. The molecular weight excluding hydrogens is 358 g/mol. The summed E-state index contributed by atoms with van der Waals surface area (Å²) in [4.78, 5) is 25.8. The van der Waals surface area contributed by atoms with E-state index in [1.54, 1.807) is 0 Å². The molecule has 0 saturated carbocycles. The average Bonchev–Trinajstić information content (AvgIpc) is 2.73.